The molecule has 26 heavy (non-hydrogen) atoms. The van der Waals surface area contributed by atoms with E-state index in [-0.39, 0.29) is 17.3 Å². The Morgan fingerprint density at radius 3 is 2.73 bits per heavy atom. The summed E-state index contributed by atoms with van der Waals surface area (Å²) in [4.78, 5) is 24.9. The largest absolute Gasteiger partial charge is 0.306 e. The Hall–Kier alpha value is -3.35. The highest BCUT2D eigenvalue weighted by Crippen LogP contribution is 2.29. The number of fused-ring (bicyclic) bond motifs is 1. The van der Waals surface area contributed by atoms with Gasteiger partial charge < -0.3 is 4.90 Å². The highest BCUT2D eigenvalue weighted by molar-refractivity contribution is 6.54. The van der Waals surface area contributed by atoms with E-state index in [0.717, 1.165) is 17.7 Å². The van der Waals surface area contributed by atoms with Crippen LogP contribution in [0.15, 0.2) is 52.7 Å². The van der Waals surface area contributed by atoms with E-state index < -0.39 is 4.92 Å². The lowest BCUT2D eigenvalue weighted by atomic mass is 10.1. The van der Waals surface area contributed by atoms with Crippen LogP contribution < -0.4 is 4.90 Å². The molecule has 7 nitrogen and oxygen atoms in total. The summed E-state index contributed by atoms with van der Waals surface area (Å²) in [6, 6.07) is 12.3. The first kappa shape index (κ1) is 17.5. The summed E-state index contributed by atoms with van der Waals surface area (Å²) in [6.07, 6.45) is 2.25. The minimum Gasteiger partial charge on any atom is -0.306 e. The van der Waals surface area contributed by atoms with E-state index in [0.29, 0.717) is 17.7 Å². The molecule has 132 valence electrons. The van der Waals surface area contributed by atoms with E-state index in [1.54, 1.807) is 24.0 Å². The van der Waals surface area contributed by atoms with Crippen molar-refractivity contribution in [2.75, 3.05) is 11.4 Å². The van der Waals surface area contributed by atoms with E-state index in [1.807, 2.05) is 31.2 Å². The maximum absolute atomic E-state index is 12.6. The number of aryl methyl sites for hydroxylation is 1. The van der Waals surface area contributed by atoms with Crippen LogP contribution in [-0.4, -0.2) is 29.3 Å². The number of benzene rings is 2. The number of nitrogens with zero attached hydrogens (tertiary/aromatic N) is 4. The normalized spacial score (nSPS) is 15.1. The number of carbonyl (C=O) groups is 1. The van der Waals surface area contributed by atoms with E-state index in [4.69, 9.17) is 0 Å². The number of nitro benzene ring substituents is 1. The second-order valence-electron chi connectivity index (χ2n) is 5.97. The minimum absolute atomic E-state index is 0.0259. The molecular weight excluding hydrogens is 332 g/mol. The van der Waals surface area contributed by atoms with E-state index in [1.165, 1.54) is 12.3 Å². The van der Waals surface area contributed by atoms with Crippen LogP contribution in [0.5, 0.6) is 0 Å². The van der Waals surface area contributed by atoms with Gasteiger partial charge in [0.2, 0.25) is 0 Å². The molecule has 0 spiro atoms. The second-order valence-corrected chi connectivity index (χ2v) is 5.97. The third-order valence-corrected chi connectivity index (χ3v) is 4.14. The molecular formula is C19H18N4O3. The Kier molecular flexibility index (Phi) is 4.88. The van der Waals surface area contributed by atoms with Gasteiger partial charge in [-0.2, -0.15) is 5.10 Å². The highest BCUT2D eigenvalue weighted by Gasteiger charge is 2.33. The fraction of sp³-hybridized carbons (Fsp3) is 0.211. The van der Waals surface area contributed by atoms with Crippen LogP contribution in [0, 0.1) is 17.0 Å². The van der Waals surface area contributed by atoms with Gasteiger partial charge in [-0.15, -0.1) is 5.10 Å². The molecule has 7 heteroatoms. The molecule has 0 radical (unpaired) electrons. The molecule has 0 aromatic heterocycles. The standard InChI is InChI=1S/C19H18N4O3/c1-3-10-22-16-7-5-4-6-15(16)18(19(22)24)21-20-12-14-9-8-13(2)17(11-14)23(25)26/h4-9,11-12H,3,10H2,1-2H3/b20-12-,21-18+. The van der Waals surface area contributed by atoms with Crippen LogP contribution >= 0.6 is 0 Å². The monoisotopic (exact) mass is 350 g/mol. The van der Waals surface area contributed by atoms with Gasteiger partial charge in [0.25, 0.3) is 11.6 Å². The molecule has 1 aliphatic heterocycles. The summed E-state index contributed by atoms with van der Waals surface area (Å²) in [6.45, 7) is 4.30. The van der Waals surface area contributed by atoms with Crippen molar-refractivity contribution >= 4 is 29.2 Å². The Labute approximate surface area is 150 Å². The molecule has 0 saturated carbocycles. The van der Waals surface area contributed by atoms with Crippen LogP contribution in [0.4, 0.5) is 11.4 Å². The summed E-state index contributed by atoms with van der Waals surface area (Å²) in [7, 11) is 0. The number of nitro groups is 1. The van der Waals surface area contributed by atoms with Crippen molar-refractivity contribution in [3.8, 4) is 0 Å². The quantitative estimate of drug-likeness (QED) is 0.470. The zero-order chi connectivity index (χ0) is 18.7. The van der Waals surface area contributed by atoms with Gasteiger partial charge in [0.15, 0.2) is 5.71 Å². The third-order valence-electron chi connectivity index (χ3n) is 4.14. The summed E-state index contributed by atoms with van der Waals surface area (Å²) >= 11 is 0. The predicted molar refractivity (Wildman–Crippen MR) is 101 cm³/mol. The maximum atomic E-state index is 12.6. The van der Waals surface area contributed by atoms with E-state index >= 15 is 0 Å². The molecule has 1 aliphatic rings. The Bertz CT molecular complexity index is 934. The molecule has 2 aromatic carbocycles. The second kappa shape index (κ2) is 7.26. The lowest BCUT2D eigenvalue weighted by Crippen LogP contribution is -2.30. The number of carbonyl (C=O) groups excluding carboxylic acids is 1. The lowest BCUT2D eigenvalue weighted by Gasteiger charge is -2.14. The predicted octanol–water partition coefficient (Wildman–Crippen LogP) is 3.48. The Morgan fingerprint density at radius 1 is 1.23 bits per heavy atom. The molecule has 0 N–H and O–H groups in total. The molecule has 0 aliphatic carbocycles. The highest BCUT2D eigenvalue weighted by atomic mass is 16.6. The Morgan fingerprint density at radius 2 is 2.00 bits per heavy atom. The zero-order valence-corrected chi connectivity index (χ0v) is 14.5. The van der Waals surface area contributed by atoms with Crippen molar-refractivity contribution in [1.82, 2.24) is 0 Å². The van der Waals surface area contributed by atoms with Crippen molar-refractivity contribution in [3.63, 3.8) is 0 Å². The van der Waals surface area contributed by atoms with Crippen LogP contribution in [-0.2, 0) is 4.79 Å². The van der Waals surface area contributed by atoms with Crippen molar-refractivity contribution in [2.45, 2.75) is 20.3 Å². The van der Waals surface area contributed by atoms with Crippen LogP contribution in [0.1, 0.15) is 30.0 Å². The van der Waals surface area contributed by atoms with Gasteiger partial charge in [0, 0.05) is 29.3 Å². The SMILES string of the molecule is CCCN1C(=O)/C(=N/N=C\c2ccc(C)c([N+](=O)[O-])c2)c2ccccc21. The molecule has 0 bridgehead atoms. The maximum Gasteiger partial charge on any atom is 0.279 e. The van der Waals surface area contributed by atoms with Crippen molar-refractivity contribution in [2.24, 2.45) is 10.2 Å². The smallest absolute Gasteiger partial charge is 0.279 e. The number of amides is 1. The minimum atomic E-state index is -0.433. The first-order chi connectivity index (χ1) is 12.5. The van der Waals surface area contributed by atoms with Crippen LogP contribution in [0.2, 0.25) is 0 Å². The van der Waals surface area contributed by atoms with E-state index in [2.05, 4.69) is 10.2 Å². The molecule has 2 aromatic rings. The van der Waals surface area contributed by atoms with Crippen LogP contribution in [0.3, 0.4) is 0 Å². The van der Waals surface area contributed by atoms with Gasteiger partial charge in [-0.05, 0) is 19.4 Å². The molecule has 0 unspecified atom stereocenters. The average molecular weight is 350 g/mol. The number of hydrogen-bond donors (Lipinski definition) is 0. The number of anilines is 1. The van der Waals surface area contributed by atoms with Gasteiger partial charge in [0.05, 0.1) is 16.8 Å². The van der Waals surface area contributed by atoms with Gasteiger partial charge in [-0.3, -0.25) is 14.9 Å². The van der Waals surface area contributed by atoms with Gasteiger partial charge in [0.1, 0.15) is 0 Å². The number of rotatable bonds is 5. The fourth-order valence-electron chi connectivity index (χ4n) is 2.86. The average Bonchev–Trinajstić information content (AvgIpc) is 2.89. The first-order valence-electron chi connectivity index (χ1n) is 8.30. The van der Waals surface area contributed by atoms with E-state index in [9.17, 15) is 14.9 Å². The summed E-state index contributed by atoms with van der Waals surface area (Å²) in [5, 5.41) is 19.1. The molecule has 3 rings (SSSR count). The number of para-hydroxylation sites is 1. The van der Waals surface area contributed by atoms with Crippen LogP contribution in [0.25, 0.3) is 0 Å². The molecule has 0 fully saturated rings. The third kappa shape index (κ3) is 3.23. The first-order valence-corrected chi connectivity index (χ1v) is 8.30. The Balaban J connectivity index is 1.91. The lowest BCUT2D eigenvalue weighted by molar-refractivity contribution is -0.385. The molecule has 0 atom stereocenters. The van der Waals surface area contributed by atoms with Crippen molar-refractivity contribution < 1.29 is 9.72 Å². The molecule has 1 amide bonds. The fourth-order valence-corrected chi connectivity index (χ4v) is 2.86. The van der Waals surface area contributed by atoms with Crippen molar-refractivity contribution in [3.05, 3.63) is 69.3 Å². The number of hydrogen-bond acceptors (Lipinski definition) is 5. The van der Waals surface area contributed by atoms with Gasteiger partial charge in [-0.25, -0.2) is 0 Å². The van der Waals surface area contributed by atoms with Crippen molar-refractivity contribution in [1.29, 1.82) is 0 Å². The summed E-state index contributed by atoms with van der Waals surface area (Å²) < 4.78 is 0. The van der Waals surface area contributed by atoms with Gasteiger partial charge in [-0.1, -0.05) is 37.3 Å². The molecule has 1 heterocycles. The topological polar surface area (TPSA) is 88.2 Å². The van der Waals surface area contributed by atoms with Gasteiger partial charge >= 0.3 is 0 Å². The summed E-state index contributed by atoms with van der Waals surface area (Å²) in [5.74, 6) is -0.180. The zero-order valence-electron chi connectivity index (χ0n) is 14.5. The summed E-state index contributed by atoms with van der Waals surface area (Å²) in [5.41, 5.74) is 3.02. The molecule has 0 saturated heterocycles.